The van der Waals surface area contributed by atoms with Crippen molar-refractivity contribution in [1.29, 1.82) is 0 Å². The zero-order valence-electron chi connectivity index (χ0n) is 21.4. The van der Waals surface area contributed by atoms with Crippen LogP contribution in [0.5, 0.6) is 0 Å². The van der Waals surface area contributed by atoms with Gasteiger partial charge in [-0.15, -0.1) is 0 Å². The van der Waals surface area contributed by atoms with Gasteiger partial charge in [-0.25, -0.2) is 4.79 Å². The number of nitrogens with zero attached hydrogens (tertiary/aromatic N) is 1. The van der Waals surface area contributed by atoms with E-state index in [1.807, 2.05) is 39.0 Å². The number of Topliss-reactive ketones (excluding diaryl/α,β-unsaturated/α-hetero) is 1. The highest BCUT2D eigenvalue weighted by atomic mass is 16.5. The number of esters is 1. The molecule has 184 valence electrons. The summed E-state index contributed by atoms with van der Waals surface area (Å²) in [5, 5.41) is 3.43. The average Bonchev–Trinajstić information content (AvgIpc) is 2.84. The van der Waals surface area contributed by atoms with Crippen molar-refractivity contribution in [2.75, 3.05) is 18.0 Å². The highest BCUT2D eigenvalue weighted by Crippen LogP contribution is 2.46. The van der Waals surface area contributed by atoms with Crippen molar-refractivity contribution in [3.63, 3.8) is 0 Å². The van der Waals surface area contributed by atoms with Crippen LogP contribution in [0.2, 0.25) is 0 Å². The fourth-order valence-corrected chi connectivity index (χ4v) is 5.35. The minimum Gasteiger partial charge on any atom is -0.460 e. The molecular weight excluding hydrogens is 436 g/mol. The summed E-state index contributed by atoms with van der Waals surface area (Å²) >= 11 is 0. The first-order valence-electron chi connectivity index (χ1n) is 12.7. The van der Waals surface area contributed by atoms with Crippen LogP contribution in [0.3, 0.4) is 0 Å². The zero-order valence-corrected chi connectivity index (χ0v) is 21.4. The van der Waals surface area contributed by atoms with Crippen LogP contribution in [-0.4, -0.2) is 30.9 Å². The molecule has 0 spiro atoms. The van der Waals surface area contributed by atoms with E-state index in [0.29, 0.717) is 17.6 Å². The van der Waals surface area contributed by atoms with Gasteiger partial charge < -0.3 is 15.0 Å². The first-order valence-corrected chi connectivity index (χ1v) is 12.7. The van der Waals surface area contributed by atoms with E-state index in [2.05, 4.69) is 60.5 Å². The Bertz CT molecular complexity index is 1140. The Hall–Kier alpha value is -3.34. The maximum atomic E-state index is 13.7. The summed E-state index contributed by atoms with van der Waals surface area (Å²) < 4.78 is 5.64. The Labute approximate surface area is 208 Å². The Morgan fingerprint density at radius 2 is 1.66 bits per heavy atom. The monoisotopic (exact) mass is 472 g/mol. The number of dihydropyridines is 1. The third kappa shape index (κ3) is 5.04. The van der Waals surface area contributed by atoms with Crippen molar-refractivity contribution in [3.05, 3.63) is 88.3 Å². The summed E-state index contributed by atoms with van der Waals surface area (Å²) in [6.45, 7) is 11.7. The van der Waals surface area contributed by atoms with Crippen LogP contribution < -0.4 is 10.2 Å². The van der Waals surface area contributed by atoms with E-state index in [1.165, 1.54) is 5.56 Å². The molecule has 2 atom stereocenters. The highest BCUT2D eigenvalue weighted by Gasteiger charge is 2.41. The van der Waals surface area contributed by atoms with Crippen molar-refractivity contribution in [1.82, 2.24) is 5.32 Å². The molecule has 2 aliphatic rings. The third-order valence-electron chi connectivity index (χ3n) is 7.02. The lowest BCUT2D eigenvalue weighted by Crippen LogP contribution is -2.36. The summed E-state index contributed by atoms with van der Waals surface area (Å²) in [5.74, 6) is -0.592. The van der Waals surface area contributed by atoms with Crippen LogP contribution in [-0.2, 0) is 14.3 Å². The molecule has 35 heavy (non-hydrogen) atoms. The van der Waals surface area contributed by atoms with Crippen LogP contribution in [0.25, 0.3) is 0 Å². The predicted molar refractivity (Wildman–Crippen MR) is 140 cm³/mol. The van der Waals surface area contributed by atoms with E-state index in [9.17, 15) is 9.59 Å². The van der Waals surface area contributed by atoms with E-state index in [0.717, 1.165) is 42.2 Å². The number of allylic oxidation sites excluding steroid dienone is 3. The Balaban J connectivity index is 1.78. The molecule has 0 aromatic heterocycles. The number of ether oxygens (including phenoxy) is 1. The predicted octanol–water partition coefficient (Wildman–Crippen LogP) is 5.85. The van der Waals surface area contributed by atoms with Gasteiger partial charge in [-0.2, -0.15) is 0 Å². The molecule has 0 saturated carbocycles. The second kappa shape index (κ2) is 10.5. The minimum absolute atomic E-state index is 0.0905. The average molecular weight is 473 g/mol. The number of nitrogens with one attached hydrogen (secondary N) is 1. The first kappa shape index (κ1) is 24.8. The Morgan fingerprint density at radius 3 is 2.26 bits per heavy atom. The van der Waals surface area contributed by atoms with Crippen molar-refractivity contribution in [3.8, 4) is 0 Å². The van der Waals surface area contributed by atoms with Crippen molar-refractivity contribution >= 4 is 17.4 Å². The van der Waals surface area contributed by atoms with Gasteiger partial charge in [-0.05, 0) is 70.2 Å². The molecule has 5 heteroatoms. The van der Waals surface area contributed by atoms with Gasteiger partial charge in [0.2, 0.25) is 0 Å². The van der Waals surface area contributed by atoms with Gasteiger partial charge in [0.25, 0.3) is 0 Å². The second-order valence-corrected chi connectivity index (χ2v) is 9.65. The molecule has 2 aromatic rings. The number of hydrogen-bond donors (Lipinski definition) is 1. The molecule has 0 amide bonds. The van der Waals surface area contributed by atoms with E-state index in [4.69, 9.17) is 4.74 Å². The molecule has 0 unspecified atom stereocenters. The molecule has 2 aromatic carbocycles. The van der Waals surface area contributed by atoms with Gasteiger partial charge in [0.15, 0.2) is 5.78 Å². The van der Waals surface area contributed by atoms with Gasteiger partial charge >= 0.3 is 5.97 Å². The molecule has 1 N–H and O–H groups in total. The van der Waals surface area contributed by atoms with Crippen molar-refractivity contribution in [2.45, 2.75) is 65.4 Å². The largest absolute Gasteiger partial charge is 0.460 e. The lowest BCUT2D eigenvalue weighted by atomic mass is 9.71. The summed E-state index contributed by atoms with van der Waals surface area (Å²) in [4.78, 5) is 29.2. The van der Waals surface area contributed by atoms with Crippen LogP contribution in [0, 0.1) is 0 Å². The number of carbonyl (C=O) groups is 2. The SMILES string of the molecule is CCN(CC)c1ccc([C@@H]2C(C(=O)OC(C)C)=C(C)NC3=C2C(=O)C[C@@H](c2ccccc2)C3)cc1. The molecule has 0 saturated heterocycles. The number of rotatable bonds is 7. The fraction of sp³-hybridized carbons (Fsp3) is 0.400. The Morgan fingerprint density at radius 1 is 1.00 bits per heavy atom. The first-order chi connectivity index (χ1) is 16.8. The normalized spacial score (nSPS) is 20.0. The Kier molecular flexibility index (Phi) is 7.44. The van der Waals surface area contributed by atoms with E-state index >= 15 is 0 Å². The summed E-state index contributed by atoms with van der Waals surface area (Å²) in [6.07, 6.45) is 0.931. The van der Waals surface area contributed by atoms with E-state index < -0.39 is 5.92 Å². The molecule has 0 radical (unpaired) electrons. The smallest absolute Gasteiger partial charge is 0.337 e. The summed E-state index contributed by atoms with van der Waals surface area (Å²) in [6, 6.07) is 18.5. The number of carbonyl (C=O) groups excluding carboxylic acids is 2. The molecular formula is C30H36N2O3. The maximum Gasteiger partial charge on any atom is 0.337 e. The topological polar surface area (TPSA) is 58.6 Å². The molecule has 4 rings (SSSR count). The molecule has 1 aliphatic heterocycles. The van der Waals surface area contributed by atoms with Gasteiger partial charge in [0.1, 0.15) is 0 Å². The van der Waals surface area contributed by atoms with Crippen LogP contribution >= 0.6 is 0 Å². The van der Waals surface area contributed by atoms with E-state index in [-0.39, 0.29) is 23.8 Å². The number of benzene rings is 2. The maximum absolute atomic E-state index is 13.7. The lowest BCUT2D eigenvalue weighted by molar-refractivity contribution is -0.143. The van der Waals surface area contributed by atoms with Crippen LogP contribution in [0.15, 0.2) is 77.1 Å². The summed E-state index contributed by atoms with van der Waals surface area (Å²) in [5.41, 5.74) is 6.15. The van der Waals surface area contributed by atoms with Crippen LogP contribution in [0.1, 0.15) is 70.4 Å². The summed E-state index contributed by atoms with van der Waals surface area (Å²) in [7, 11) is 0. The van der Waals surface area contributed by atoms with Gasteiger partial charge in [0, 0.05) is 48.1 Å². The van der Waals surface area contributed by atoms with Gasteiger partial charge in [-0.1, -0.05) is 42.5 Å². The molecule has 1 heterocycles. The van der Waals surface area contributed by atoms with Crippen molar-refractivity contribution in [2.24, 2.45) is 0 Å². The molecule has 0 fully saturated rings. The molecule has 5 nitrogen and oxygen atoms in total. The molecule has 0 bridgehead atoms. The number of hydrogen-bond acceptors (Lipinski definition) is 5. The van der Waals surface area contributed by atoms with Crippen LogP contribution in [0.4, 0.5) is 5.69 Å². The number of ketones is 1. The lowest BCUT2D eigenvalue weighted by Gasteiger charge is -2.37. The zero-order chi connectivity index (χ0) is 25.1. The fourth-order valence-electron chi connectivity index (χ4n) is 5.35. The van der Waals surface area contributed by atoms with Crippen molar-refractivity contribution < 1.29 is 14.3 Å². The quantitative estimate of drug-likeness (QED) is 0.513. The van der Waals surface area contributed by atoms with Gasteiger partial charge in [-0.3, -0.25) is 4.79 Å². The minimum atomic E-state index is -0.438. The van der Waals surface area contributed by atoms with Gasteiger partial charge in [0.05, 0.1) is 11.7 Å². The standard InChI is InChI=1S/C30H36N2O3/c1-6-32(7-2)24-15-13-22(14-16-24)28-27(30(34)35-19(3)4)20(5)31-25-17-23(18-26(33)29(25)28)21-11-9-8-10-12-21/h8-16,19,23,28,31H,6-7,17-18H2,1-5H3/t23-,28+/m0/s1. The highest BCUT2D eigenvalue weighted by molar-refractivity contribution is 6.04. The third-order valence-corrected chi connectivity index (χ3v) is 7.02. The molecule has 1 aliphatic carbocycles. The van der Waals surface area contributed by atoms with E-state index in [1.54, 1.807) is 0 Å². The second-order valence-electron chi connectivity index (χ2n) is 9.65. The number of anilines is 1.